The van der Waals surface area contributed by atoms with Crippen molar-refractivity contribution in [2.75, 3.05) is 49.8 Å². The standard InChI is InChI=1S/C15H20N4O4S4/c1-27(21,22)16-5-4-11-2-3-13(25-11)12(20)10-24-15-18-17-14(26-15)19-6-8-23-9-7-19/h2-3,16H,4-10H2,1H3. The third kappa shape index (κ3) is 6.50. The van der Waals surface area contributed by atoms with Crippen LogP contribution in [0.3, 0.4) is 0 Å². The molecule has 0 saturated carbocycles. The number of sulfonamides is 1. The zero-order chi connectivity index (χ0) is 19.3. The molecule has 12 heteroatoms. The average molecular weight is 449 g/mol. The van der Waals surface area contributed by atoms with Crippen molar-refractivity contribution in [2.24, 2.45) is 0 Å². The smallest absolute Gasteiger partial charge is 0.209 e. The second kappa shape index (κ2) is 9.43. The summed E-state index contributed by atoms with van der Waals surface area (Å²) < 4.78 is 30.7. The van der Waals surface area contributed by atoms with E-state index in [9.17, 15) is 13.2 Å². The quantitative estimate of drug-likeness (QED) is 0.455. The van der Waals surface area contributed by atoms with Crippen molar-refractivity contribution in [1.82, 2.24) is 14.9 Å². The van der Waals surface area contributed by atoms with Crippen LogP contribution in [-0.2, 0) is 21.2 Å². The molecular formula is C15H20N4O4S4. The zero-order valence-corrected chi connectivity index (χ0v) is 18.0. The number of carbonyl (C=O) groups is 1. The summed E-state index contributed by atoms with van der Waals surface area (Å²) in [6.45, 7) is 3.34. The Labute approximate surface area is 170 Å². The number of aromatic nitrogens is 2. The lowest BCUT2D eigenvalue weighted by Gasteiger charge is -2.25. The number of hydrogen-bond donors (Lipinski definition) is 1. The minimum Gasteiger partial charge on any atom is -0.378 e. The maximum atomic E-state index is 12.4. The summed E-state index contributed by atoms with van der Waals surface area (Å²) in [7, 11) is -3.19. The predicted molar refractivity (Wildman–Crippen MR) is 109 cm³/mol. The minimum atomic E-state index is -3.19. The molecule has 0 aromatic carbocycles. The molecule has 2 aromatic heterocycles. The SMILES string of the molecule is CS(=O)(=O)NCCc1ccc(C(=O)CSc2nnc(N3CCOCC3)s2)s1. The molecule has 148 valence electrons. The van der Waals surface area contributed by atoms with Crippen molar-refractivity contribution >= 4 is 55.4 Å². The minimum absolute atomic E-state index is 0.0374. The molecule has 8 nitrogen and oxygen atoms in total. The third-order valence-electron chi connectivity index (χ3n) is 3.68. The van der Waals surface area contributed by atoms with Gasteiger partial charge in [0, 0.05) is 24.5 Å². The fourth-order valence-electron chi connectivity index (χ4n) is 2.36. The number of ether oxygens (including phenoxy) is 1. The van der Waals surface area contributed by atoms with E-state index in [0.29, 0.717) is 36.8 Å². The molecular weight excluding hydrogens is 428 g/mol. The van der Waals surface area contributed by atoms with Crippen LogP contribution in [0.5, 0.6) is 0 Å². The molecule has 0 radical (unpaired) electrons. The van der Waals surface area contributed by atoms with Gasteiger partial charge in [-0.2, -0.15) is 0 Å². The first kappa shape index (κ1) is 20.7. The molecule has 1 saturated heterocycles. The largest absolute Gasteiger partial charge is 0.378 e. The fourth-order valence-corrected chi connectivity index (χ4v) is 5.65. The van der Waals surface area contributed by atoms with Crippen LogP contribution in [-0.4, -0.2) is 69.3 Å². The number of morpholine rings is 1. The van der Waals surface area contributed by atoms with E-state index in [1.807, 2.05) is 6.07 Å². The van der Waals surface area contributed by atoms with Gasteiger partial charge in [0.1, 0.15) is 0 Å². The van der Waals surface area contributed by atoms with Crippen LogP contribution in [0, 0.1) is 0 Å². The maximum Gasteiger partial charge on any atom is 0.209 e. The number of nitrogens with one attached hydrogen (secondary N) is 1. The molecule has 2 aromatic rings. The van der Waals surface area contributed by atoms with E-state index in [2.05, 4.69) is 19.8 Å². The lowest BCUT2D eigenvalue weighted by Crippen LogP contribution is -2.36. The highest BCUT2D eigenvalue weighted by atomic mass is 32.2. The summed E-state index contributed by atoms with van der Waals surface area (Å²) >= 11 is 4.29. The van der Waals surface area contributed by atoms with Gasteiger partial charge in [0.2, 0.25) is 15.2 Å². The Kier molecular flexibility index (Phi) is 7.22. The van der Waals surface area contributed by atoms with E-state index in [4.69, 9.17) is 4.74 Å². The van der Waals surface area contributed by atoms with Crippen molar-refractivity contribution in [3.8, 4) is 0 Å². The van der Waals surface area contributed by atoms with E-state index in [1.54, 1.807) is 6.07 Å². The van der Waals surface area contributed by atoms with Crippen LogP contribution in [0.15, 0.2) is 16.5 Å². The number of Topliss-reactive ketones (excluding diaryl/α,β-unsaturated/α-hetero) is 1. The molecule has 0 aliphatic carbocycles. The van der Waals surface area contributed by atoms with Crippen molar-refractivity contribution in [1.29, 1.82) is 0 Å². The molecule has 3 heterocycles. The van der Waals surface area contributed by atoms with Gasteiger partial charge in [-0.3, -0.25) is 4.79 Å². The molecule has 0 atom stereocenters. The number of anilines is 1. The molecule has 0 spiro atoms. The van der Waals surface area contributed by atoms with Gasteiger partial charge in [0.15, 0.2) is 10.1 Å². The summed E-state index contributed by atoms with van der Waals surface area (Å²) in [6.07, 6.45) is 1.70. The highest BCUT2D eigenvalue weighted by Crippen LogP contribution is 2.29. The molecule has 1 fully saturated rings. The number of thioether (sulfide) groups is 1. The van der Waals surface area contributed by atoms with Crippen LogP contribution in [0.25, 0.3) is 0 Å². The van der Waals surface area contributed by atoms with E-state index < -0.39 is 10.0 Å². The van der Waals surface area contributed by atoms with Crippen LogP contribution >= 0.6 is 34.4 Å². The van der Waals surface area contributed by atoms with Gasteiger partial charge in [-0.05, 0) is 18.6 Å². The van der Waals surface area contributed by atoms with Gasteiger partial charge >= 0.3 is 0 Å². The normalized spacial score (nSPS) is 15.2. The molecule has 27 heavy (non-hydrogen) atoms. The molecule has 1 aliphatic heterocycles. The summed E-state index contributed by atoms with van der Waals surface area (Å²) in [5.41, 5.74) is 0. The Hall–Kier alpha value is -1.05. The zero-order valence-electron chi connectivity index (χ0n) is 14.7. The van der Waals surface area contributed by atoms with Gasteiger partial charge in [0.25, 0.3) is 0 Å². The Morgan fingerprint density at radius 2 is 2.07 bits per heavy atom. The van der Waals surface area contributed by atoms with E-state index >= 15 is 0 Å². The molecule has 1 aliphatic rings. The first-order chi connectivity index (χ1) is 12.9. The van der Waals surface area contributed by atoms with Gasteiger partial charge in [-0.1, -0.05) is 23.1 Å². The van der Waals surface area contributed by atoms with Gasteiger partial charge < -0.3 is 9.64 Å². The summed E-state index contributed by atoms with van der Waals surface area (Å²) in [5.74, 6) is 0.342. The molecule has 0 unspecified atom stereocenters. The summed E-state index contributed by atoms with van der Waals surface area (Å²) in [4.78, 5) is 16.2. The summed E-state index contributed by atoms with van der Waals surface area (Å²) in [5, 5.41) is 9.23. The Bertz CT molecular complexity index is 874. The Balaban J connectivity index is 1.47. The van der Waals surface area contributed by atoms with Crippen LogP contribution in [0.1, 0.15) is 14.5 Å². The first-order valence-electron chi connectivity index (χ1n) is 8.26. The number of hydrogen-bond acceptors (Lipinski definition) is 10. The molecule has 0 amide bonds. The highest BCUT2D eigenvalue weighted by molar-refractivity contribution is 8.01. The van der Waals surface area contributed by atoms with Crippen molar-refractivity contribution in [3.05, 3.63) is 21.9 Å². The lowest BCUT2D eigenvalue weighted by atomic mass is 10.3. The number of thiophene rings is 1. The third-order valence-corrected chi connectivity index (χ3v) is 7.71. The first-order valence-corrected chi connectivity index (χ1v) is 12.8. The van der Waals surface area contributed by atoms with Crippen molar-refractivity contribution in [2.45, 2.75) is 10.8 Å². The van der Waals surface area contributed by atoms with Crippen LogP contribution in [0.4, 0.5) is 5.13 Å². The number of ketones is 1. The predicted octanol–water partition coefficient (Wildman–Crippen LogP) is 1.50. The van der Waals surface area contributed by atoms with Crippen molar-refractivity contribution in [3.63, 3.8) is 0 Å². The average Bonchev–Trinajstić information content (AvgIpc) is 3.29. The molecule has 1 N–H and O–H groups in total. The van der Waals surface area contributed by atoms with Gasteiger partial charge in [0.05, 0.1) is 30.1 Å². The van der Waals surface area contributed by atoms with Crippen LogP contribution < -0.4 is 9.62 Å². The Morgan fingerprint density at radius 3 is 2.81 bits per heavy atom. The van der Waals surface area contributed by atoms with Crippen LogP contribution in [0.2, 0.25) is 0 Å². The number of nitrogens with zero attached hydrogens (tertiary/aromatic N) is 3. The van der Waals surface area contributed by atoms with E-state index in [-0.39, 0.29) is 5.78 Å². The van der Waals surface area contributed by atoms with Gasteiger partial charge in [-0.25, -0.2) is 13.1 Å². The van der Waals surface area contributed by atoms with E-state index in [0.717, 1.165) is 33.7 Å². The topological polar surface area (TPSA) is 101 Å². The van der Waals surface area contributed by atoms with E-state index in [1.165, 1.54) is 34.4 Å². The second-order valence-corrected chi connectivity index (χ2v) is 11.0. The second-order valence-electron chi connectivity index (χ2n) is 5.84. The maximum absolute atomic E-state index is 12.4. The summed E-state index contributed by atoms with van der Waals surface area (Å²) in [6, 6.07) is 3.66. The monoisotopic (exact) mass is 448 g/mol. The lowest BCUT2D eigenvalue weighted by molar-refractivity contribution is 0.102. The molecule has 3 rings (SSSR count). The Morgan fingerprint density at radius 1 is 1.30 bits per heavy atom. The molecule has 0 bridgehead atoms. The number of carbonyl (C=O) groups excluding carboxylic acids is 1. The highest BCUT2D eigenvalue weighted by Gasteiger charge is 2.17. The number of rotatable bonds is 9. The van der Waals surface area contributed by atoms with Crippen molar-refractivity contribution < 1.29 is 17.9 Å². The van der Waals surface area contributed by atoms with Gasteiger partial charge in [-0.15, -0.1) is 21.5 Å². The fraction of sp³-hybridized carbons (Fsp3) is 0.533.